The first-order chi connectivity index (χ1) is 15.0. The summed E-state index contributed by atoms with van der Waals surface area (Å²) in [6.07, 6.45) is 2.95. The lowest BCUT2D eigenvalue weighted by molar-refractivity contribution is 0.0950. The van der Waals surface area contributed by atoms with E-state index in [0.717, 1.165) is 33.5 Å². The molecule has 31 heavy (non-hydrogen) atoms. The van der Waals surface area contributed by atoms with Gasteiger partial charge in [-0.1, -0.05) is 24.3 Å². The van der Waals surface area contributed by atoms with Crippen LogP contribution in [0.4, 0.5) is 0 Å². The lowest BCUT2D eigenvalue weighted by Gasteiger charge is -2.08. The van der Waals surface area contributed by atoms with Gasteiger partial charge in [-0.2, -0.15) is 0 Å². The number of H-pyrrole nitrogens is 1. The van der Waals surface area contributed by atoms with Gasteiger partial charge in [0, 0.05) is 28.5 Å². The monoisotopic (exact) mass is 416 g/mol. The molecule has 0 unspecified atom stereocenters. The Morgan fingerprint density at radius 3 is 2.87 bits per heavy atom. The Kier molecular flexibility index (Phi) is 5.62. The topological polar surface area (TPSA) is 84.3 Å². The smallest absolute Gasteiger partial charge is 0.349 e. The lowest BCUT2D eigenvalue weighted by Crippen LogP contribution is -2.30. The Morgan fingerprint density at radius 1 is 1.26 bits per heavy atom. The molecule has 4 rings (SSSR count). The van der Waals surface area contributed by atoms with Crippen molar-refractivity contribution in [2.45, 2.75) is 19.8 Å². The summed E-state index contributed by atoms with van der Waals surface area (Å²) in [6.45, 7) is 6.12. The average molecular weight is 416 g/mol. The number of aromatic nitrogens is 1. The highest BCUT2D eigenvalue weighted by atomic mass is 16.5. The van der Waals surface area contributed by atoms with Crippen LogP contribution in [0.3, 0.4) is 0 Å². The number of allylic oxidation sites excluding steroid dienone is 1. The van der Waals surface area contributed by atoms with Crippen molar-refractivity contribution < 1.29 is 13.9 Å². The molecule has 0 atom stereocenters. The minimum atomic E-state index is -0.644. The maximum absolute atomic E-state index is 12.7. The molecule has 0 aliphatic rings. The summed E-state index contributed by atoms with van der Waals surface area (Å²) < 4.78 is 10.8. The molecule has 4 aromatic rings. The van der Waals surface area contributed by atoms with E-state index in [9.17, 15) is 9.59 Å². The van der Waals surface area contributed by atoms with Crippen LogP contribution in [0, 0.1) is 6.92 Å². The van der Waals surface area contributed by atoms with Crippen molar-refractivity contribution >= 4 is 27.8 Å². The molecule has 0 saturated carbocycles. The van der Waals surface area contributed by atoms with Crippen molar-refractivity contribution in [2.24, 2.45) is 0 Å². The van der Waals surface area contributed by atoms with Gasteiger partial charge in [-0.3, -0.25) is 4.79 Å². The quantitative estimate of drug-likeness (QED) is 0.348. The third-order valence-corrected chi connectivity index (χ3v) is 5.44. The zero-order valence-corrected chi connectivity index (χ0v) is 17.6. The van der Waals surface area contributed by atoms with Crippen molar-refractivity contribution in [2.75, 3.05) is 13.7 Å². The molecule has 0 aliphatic heterocycles. The number of amides is 1. The van der Waals surface area contributed by atoms with Gasteiger partial charge < -0.3 is 19.5 Å². The number of aryl methyl sites for hydroxylation is 1. The fourth-order valence-corrected chi connectivity index (χ4v) is 3.89. The summed E-state index contributed by atoms with van der Waals surface area (Å²) in [5.41, 5.74) is 3.88. The summed E-state index contributed by atoms with van der Waals surface area (Å²) in [7, 11) is 1.63. The van der Waals surface area contributed by atoms with Gasteiger partial charge in [-0.15, -0.1) is 6.58 Å². The number of carbonyl (C=O) groups is 1. The van der Waals surface area contributed by atoms with Gasteiger partial charge in [0.05, 0.1) is 7.11 Å². The molecule has 0 fully saturated rings. The molecule has 0 bridgehead atoms. The average Bonchev–Trinajstić information content (AvgIpc) is 3.08. The molecule has 0 saturated heterocycles. The molecular weight excluding hydrogens is 392 g/mol. The van der Waals surface area contributed by atoms with Crippen LogP contribution in [0.1, 0.15) is 27.2 Å². The van der Waals surface area contributed by atoms with E-state index in [1.54, 1.807) is 19.3 Å². The number of para-hydroxylation sites is 1. The van der Waals surface area contributed by atoms with Crippen molar-refractivity contribution in [1.29, 1.82) is 0 Å². The number of nitrogens with one attached hydrogen (secondary N) is 2. The summed E-state index contributed by atoms with van der Waals surface area (Å²) in [6, 6.07) is 13.0. The van der Waals surface area contributed by atoms with Crippen LogP contribution in [0.5, 0.6) is 5.75 Å². The van der Waals surface area contributed by atoms with Crippen molar-refractivity contribution in [3.8, 4) is 5.75 Å². The van der Waals surface area contributed by atoms with Gasteiger partial charge >= 0.3 is 5.63 Å². The number of methoxy groups -OCH3 is 1. The molecule has 6 nitrogen and oxygen atoms in total. The highest BCUT2D eigenvalue weighted by molar-refractivity contribution is 5.97. The summed E-state index contributed by atoms with van der Waals surface area (Å²) >= 11 is 0. The summed E-state index contributed by atoms with van der Waals surface area (Å²) in [5, 5.41) is 4.62. The molecule has 0 radical (unpaired) electrons. The van der Waals surface area contributed by atoms with Crippen LogP contribution >= 0.6 is 0 Å². The third kappa shape index (κ3) is 3.97. The van der Waals surface area contributed by atoms with Crippen LogP contribution in [0.2, 0.25) is 0 Å². The molecular formula is C25H24N2O4. The van der Waals surface area contributed by atoms with Gasteiger partial charge in [-0.05, 0) is 55.2 Å². The Labute approximate surface area is 179 Å². The largest absolute Gasteiger partial charge is 0.497 e. The van der Waals surface area contributed by atoms with Crippen LogP contribution in [-0.4, -0.2) is 24.5 Å². The Bertz CT molecular complexity index is 1350. The normalized spacial score (nSPS) is 11.0. The first-order valence-corrected chi connectivity index (χ1v) is 10.1. The SMILES string of the molecule is C=CCc1cccc2cc(C(=O)NCCc3c(C)[nH]c4ccc(OC)cc34)c(=O)oc12. The van der Waals surface area contributed by atoms with E-state index in [2.05, 4.69) is 16.9 Å². The minimum Gasteiger partial charge on any atom is -0.497 e. The van der Waals surface area contributed by atoms with E-state index in [4.69, 9.17) is 9.15 Å². The van der Waals surface area contributed by atoms with Crippen molar-refractivity contribution in [3.63, 3.8) is 0 Å². The zero-order chi connectivity index (χ0) is 22.0. The van der Waals surface area contributed by atoms with E-state index in [1.165, 1.54) is 0 Å². The predicted octanol–water partition coefficient (Wildman–Crippen LogP) is 4.29. The Hall–Kier alpha value is -3.80. The summed E-state index contributed by atoms with van der Waals surface area (Å²) in [4.78, 5) is 28.5. The number of aromatic amines is 1. The Balaban J connectivity index is 1.53. The summed E-state index contributed by atoms with van der Waals surface area (Å²) in [5.74, 6) is 0.334. The third-order valence-electron chi connectivity index (χ3n) is 5.44. The maximum Gasteiger partial charge on any atom is 0.349 e. The number of hydrogen-bond acceptors (Lipinski definition) is 4. The fraction of sp³-hybridized carbons (Fsp3) is 0.200. The van der Waals surface area contributed by atoms with E-state index in [-0.39, 0.29) is 5.56 Å². The highest BCUT2D eigenvalue weighted by Gasteiger charge is 2.16. The van der Waals surface area contributed by atoms with Gasteiger partial charge in [0.25, 0.3) is 5.91 Å². The standard InChI is InChI=1S/C25H24N2O4/c1-4-6-16-7-5-8-17-13-21(25(29)31-23(16)17)24(28)26-12-11-19-15(2)27-22-10-9-18(30-3)14-20(19)22/h4-5,7-10,13-14,27H,1,6,11-12H2,2-3H3,(H,26,28). The van der Waals surface area contributed by atoms with Gasteiger partial charge in [0.1, 0.15) is 16.9 Å². The maximum atomic E-state index is 12.7. The lowest BCUT2D eigenvalue weighted by atomic mass is 10.1. The van der Waals surface area contributed by atoms with E-state index < -0.39 is 11.5 Å². The van der Waals surface area contributed by atoms with Crippen molar-refractivity contribution in [3.05, 3.63) is 87.9 Å². The number of ether oxygens (including phenoxy) is 1. The van der Waals surface area contributed by atoms with Crippen LogP contribution < -0.4 is 15.7 Å². The van der Waals surface area contributed by atoms with Gasteiger partial charge in [0.15, 0.2) is 0 Å². The molecule has 0 aliphatic carbocycles. The first kappa shape index (κ1) is 20.5. The number of rotatable bonds is 7. The zero-order valence-electron chi connectivity index (χ0n) is 17.6. The minimum absolute atomic E-state index is 0.000529. The van der Waals surface area contributed by atoms with Gasteiger partial charge in [-0.25, -0.2) is 4.79 Å². The van der Waals surface area contributed by atoms with E-state index >= 15 is 0 Å². The van der Waals surface area contributed by atoms with E-state index in [0.29, 0.717) is 30.4 Å². The molecule has 6 heteroatoms. The highest BCUT2D eigenvalue weighted by Crippen LogP contribution is 2.26. The number of benzene rings is 2. The second kappa shape index (κ2) is 8.52. The number of hydrogen-bond donors (Lipinski definition) is 2. The second-order valence-electron chi connectivity index (χ2n) is 7.42. The molecule has 158 valence electrons. The first-order valence-electron chi connectivity index (χ1n) is 10.1. The molecule has 1 amide bonds. The van der Waals surface area contributed by atoms with Crippen LogP contribution in [0.25, 0.3) is 21.9 Å². The number of carbonyl (C=O) groups excluding carboxylic acids is 1. The van der Waals surface area contributed by atoms with Gasteiger partial charge in [0.2, 0.25) is 0 Å². The number of fused-ring (bicyclic) bond motifs is 2. The molecule has 2 aromatic heterocycles. The fourth-order valence-electron chi connectivity index (χ4n) is 3.89. The predicted molar refractivity (Wildman–Crippen MR) is 122 cm³/mol. The van der Waals surface area contributed by atoms with E-state index in [1.807, 2.05) is 43.3 Å². The molecule has 0 spiro atoms. The molecule has 2 N–H and O–H groups in total. The Morgan fingerprint density at radius 2 is 2.10 bits per heavy atom. The van der Waals surface area contributed by atoms with Crippen LogP contribution in [-0.2, 0) is 12.8 Å². The van der Waals surface area contributed by atoms with Crippen molar-refractivity contribution in [1.82, 2.24) is 10.3 Å². The molecule has 2 heterocycles. The second-order valence-corrected chi connectivity index (χ2v) is 7.42. The molecule has 2 aromatic carbocycles. The van der Waals surface area contributed by atoms with Crippen LogP contribution in [0.15, 0.2) is 64.3 Å².